The van der Waals surface area contributed by atoms with E-state index in [1.807, 2.05) is 58.3 Å². The van der Waals surface area contributed by atoms with E-state index < -0.39 is 12.2 Å². The van der Waals surface area contributed by atoms with Gasteiger partial charge in [0.1, 0.15) is 0 Å². The monoisotopic (exact) mass is 744 g/mol. The third-order valence-electron chi connectivity index (χ3n) is 11.5. The lowest BCUT2D eigenvalue weighted by atomic mass is 9.85. The number of carbonyl (C=O) groups is 6. The Hall–Kier alpha value is -5.14. The van der Waals surface area contributed by atoms with Crippen LogP contribution in [-0.4, -0.2) is 98.1 Å². The topological polar surface area (TPSA) is 175 Å². The Morgan fingerprint density at radius 2 is 0.852 bits per heavy atom. The van der Waals surface area contributed by atoms with Crippen LogP contribution in [0.2, 0.25) is 0 Å². The molecule has 4 fully saturated rings. The van der Waals surface area contributed by atoms with Gasteiger partial charge in [0.15, 0.2) is 0 Å². The predicted molar refractivity (Wildman–Crippen MR) is 201 cm³/mol. The average Bonchev–Trinajstić information content (AvgIpc) is 3.90. The molecule has 2 saturated carbocycles. The van der Waals surface area contributed by atoms with E-state index in [0.29, 0.717) is 76.1 Å². The fourth-order valence-corrected chi connectivity index (χ4v) is 8.27. The van der Waals surface area contributed by atoms with Gasteiger partial charge in [-0.3, -0.25) is 19.2 Å². The third kappa shape index (κ3) is 9.69. The van der Waals surface area contributed by atoms with E-state index in [2.05, 4.69) is 30.7 Å². The Labute approximate surface area is 316 Å². The van der Waals surface area contributed by atoms with Crippen molar-refractivity contribution in [3.8, 4) is 11.1 Å². The fourth-order valence-electron chi connectivity index (χ4n) is 8.27. The van der Waals surface area contributed by atoms with Crippen molar-refractivity contribution in [2.24, 2.45) is 23.7 Å². The summed E-state index contributed by atoms with van der Waals surface area (Å²) in [4.78, 5) is 79.2. The maximum Gasteiger partial charge on any atom is 0.407 e. The molecule has 6 amide bonds. The minimum absolute atomic E-state index is 0.0226. The van der Waals surface area contributed by atoms with Crippen molar-refractivity contribution in [2.75, 3.05) is 51.0 Å². The highest BCUT2D eigenvalue weighted by atomic mass is 16.5. The molecule has 0 unspecified atom stereocenters. The molecule has 0 spiro atoms. The van der Waals surface area contributed by atoms with Gasteiger partial charge in [-0.2, -0.15) is 0 Å². The highest BCUT2D eigenvalue weighted by Gasteiger charge is 2.37. The van der Waals surface area contributed by atoms with Gasteiger partial charge in [0.25, 0.3) is 0 Å². The zero-order valence-corrected chi connectivity index (χ0v) is 31.1. The third-order valence-corrected chi connectivity index (χ3v) is 11.5. The van der Waals surface area contributed by atoms with Crippen LogP contribution in [0.25, 0.3) is 11.1 Å². The molecule has 2 aromatic carbocycles. The Morgan fingerprint density at radius 3 is 1.19 bits per heavy atom. The minimum atomic E-state index is -0.447. The van der Waals surface area contributed by atoms with Crippen molar-refractivity contribution in [3.63, 3.8) is 0 Å². The van der Waals surface area contributed by atoms with Crippen LogP contribution in [0, 0.1) is 23.7 Å². The number of hydrogen-bond donors (Lipinski definition) is 4. The van der Waals surface area contributed by atoms with Crippen molar-refractivity contribution in [1.29, 1.82) is 0 Å². The van der Waals surface area contributed by atoms with Crippen molar-refractivity contribution < 1.29 is 38.2 Å². The number of ether oxygens (including phenoxy) is 2. The maximum atomic E-state index is 13.2. The first-order chi connectivity index (χ1) is 26.1. The quantitative estimate of drug-likeness (QED) is 0.284. The Bertz CT molecular complexity index is 1540. The van der Waals surface area contributed by atoms with E-state index in [1.54, 1.807) is 0 Å². The first kappa shape index (κ1) is 38.6. The molecule has 4 N–H and O–H groups in total. The van der Waals surface area contributed by atoms with Crippen molar-refractivity contribution in [3.05, 3.63) is 48.5 Å². The summed E-state index contributed by atoms with van der Waals surface area (Å²) < 4.78 is 9.35. The van der Waals surface area contributed by atoms with Crippen LogP contribution in [0.4, 0.5) is 21.0 Å². The molecule has 2 aliphatic carbocycles. The fraction of sp³-hybridized carbons (Fsp3) is 0.550. The van der Waals surface area contributed by atoms with Crippen LogP contribution in [0.5, 0.6) is 0 Å². The Kier molecular flexibility index (Phi) is 12.7. The van der Waals surface area contributed by atoms with E-state index in [4.69, 9.17) is 0 Å². The molecule has 0 aromatic heterocycles. The molecule has 290 valence electrons. The molecular formula is C40H52N6O8. The molecule has 2 heterocycles. The zero-order valence-electron chi connectivity index (χ0n) is 31.1. The van der Waals surface area contributed by atoms with Crippen molar-refractivity contribution >= 4 is 47.2 Å². The van der Waals surface area contributed by atoms with Crippen molar-refractivity contribution in [2.45, 2.75) is 76.3 Å². The van der Waals surface area contributed by atoms with Gasteiger partial charge in [0.05, 0.1) is 26.1 Å². The average molecular weight is 745 g/mol. The molecule has 0 bridgehead atoms. The molecule has 6 rings (SSSR count). The summed E-state index contributed by atoms with van der Waals surface area (Å²) in [6, 6.07) is 15.2. The summed E-state index contributed by atoms with van der Waals surface area (Å²) in [7, 11) is 2.68. The number of nitrogens with one attached hydrogen (secondary N) is 4. The van der Waals surface area contributed by atoms with E-state index in [0.717, 1.165) is 36.8 Å². The van der Waals surface area contributed by atoms with Crippen LogP contribution in [0.15, 0.2) is 48.5 Å². The van der Waals surface area contributed by atoms with Gasteiger partial charge >= 0.3 is 12.2 Å². The second kappa shape index (κ2) is 17.8. The van der Waals surface area contributed by atoms with Crippen LogP contribution in [0.3, 0.4) is 0 Å². The van der Waals surface area contributed by atoms with Gasteiger partial charge in [-0.25, -0.2) is 9.59 Å². The van der Waals surface area contributed by atoms with E-state index >= 15 is 0 Å². The lowest BCUT2D eigenvalue weighted by Crippen LogP contribution is -2.42. The number of benzene rings is 2. The number of anilines is 2. The molecule has 4 aliphatic rings. The highest BCUT2D eigenvalue weighted by Crippen LogP contribution is 2.31. The number of alkyl carbamates (subject to hydrolysis) is 2. The van der Waals surface area contributed by atoms with E-state index in [1.165, 1.54) is 14.2 Å². The molecule has 2 atom stereocenters. The van der Waals surface area contributed by atoms with Crippen LogP contribution >= 0.6 is 0 Å². The minimum Gasteiger partial charge on any atom is -0.453 e. The summed E-state index contributed by atoms with van der Waals surface area (Å²) in [5, 5.41) is 11.7. The highest BCUT2D eigenvalue weighted by molar-refractivity contribution is 5.95. The number of nitrogens with zero attached hydrogens (tertiary/aromatic N) is 2. The number of amides is 6. The standard InChI is InChI=1S/C40H52N6O8/c1-53-39(51)43-33-15-7-27(8-16-33)37(49)45-21-19-29(23-45)35(47)41-31-11-3-25(4-12-31)26-5-13-32(14-6-26)42-36(48)30-20-22-46(24-30)38(50)28-9-17-34(18-10-28)44-40(52)54-2/h3-6,11-14,27-30,33-34H,7-10,15-24H2,1-2H3,(H,41,47)(H,42,48)(H,43,51)(H,44,52)/t27?,28?,29-,30+,33?,34?. The van der Waals surface area contributed by atoms with Gasteiger partial charge in [0, 0.05) is 61.5 Å². The number of rotatable bonds is 9. The summed E-state index contributed by atoms with van der Waals surface area (Å²) in [5.74, 6) is -0.733. The normalized spacial score (nSPS) is 25.3. The number of carbonyl (C=O) groups excluding carboxylic acids is 6. The smallest absolute Gasteiger partial charge is 0.407 e. The van der Waals surface area contributed by atoms with Gasteiger partial charge in [0.2, 0.25) is 23.6 Å². The second-order valence-corrected chi connectivity index (χ2v) is 15.0. The Balaban J connectivity index is 0.914. The molecule has 14 heteroatoms. The second-order valence-electron chi connectivity index (χ2n) is 15.0. The molecule has 2 aromatic rings. The number of likely N-dealkylation sites (tertiary alicyclic amines) is 2. The summed E-state index contributed by atoms with van der Waals surface area (Å²) >= 11 is 0. The lowest BCUT2D eigenvalue weighted by Gasteiger charge is -2.30. The SMILES string of the molecule is COC(=O)NC1CCC(C(=O)N2CC[C@@H](C(=O)Nc3ccc(-c4ccc(NC(=O)[C@H]5CCN(C(=O)C6CCC(NC(=O)OC)CC6)C5)cc4)cc3)C2)CC1. The molecule has 0 radical (unpaired) electrons. The lowest BCUT2D eigenvalue weighted by molar-refractivity contribution is -0.136. The first-order valence-electron chi connectivity index (χ1n) is 19.2. The molecular weight excluding hydrogens is 692 g/mol. The molecule has 2 aliphatic heterocycles. The van der Waals surface area contributed by atoms with Gasteiger partial charge in [-0.1, -0.05) is 24.3 Å². The van der Waals surface area contributed by atoms with Crippen LogP contribution in [-0.2, 0) is 28.7 Å². The molecule has 2 saturated heterocycles. The van der Waals surface area contributed by atoms with Crippen molar-refractivity contribution in [1.82, 2.24) is 20.4 Å². The van der Waals surface area contributed by atoms with Crippen LogP contribution < -0.4 is 21.3 Å². The predicted octanol–water partition coefficient (Wildman–Crippen LogP) is 4.76. The van der Waals surface area contributed by atoms with Gasteiger partial charge in [-0.15, -0.1) is 0 Å². The number of methoxy groups -OCH3 is 2. The molecule has 54 heavy (non-hydrogen) atoms. The number of hydrogen-bond acceptors (Lipinski definition) is 8. The largest absolute Gasteiger partial charge is 0.453 e. The van der Waals surface area contributed by atoms with Gasteiger partial charge in [-0.05, 0) is 99.6 Å². The van der Waals surface area contributed by atoms with E-state index in [9.17, 15) is 28.8 Å². The van der Waals surface area contributed by atoms with Crippen LogP contribution in [0.1, 0.15) is 64.2 Å². The zero-order chi connectivity index (χ0) is 38.2. The van der Waals surface area contributed by atoms with E-state index in [-0.39, 0.29) is 59.4 Å². The van der Waals surface area contributed by atoms with Gasteiger partial charge < -0.3 is 40.5 Å². The molecule has 14 nitrogen and oxygen atoms in total. The summed E-state index contributed by atoms with van der Waals surface area (Å²) in [5.41, 5.74) is 3.28. The summed E-state index contributed by atoms with van der Waals surface area (Å²) in [6.07, 6.45) is 6.08. The maximum absolute atomic E-state index is 13.2. The first-order valence-corrected chi connectivity index (χ1v) is 19.2. The summed E-state index contributed by atoms with van der Waals surface area (Å²) in [6.45, 7) is 1.93. The Morgan fingerprint density at radius 1 is 0.500 bits per heavy atom.